The minimum Gasteiger partial charge on any atom is -0.339 e. The number of pyridine rings is 1. The second-order valence-electron chi connectivity index (χ2n) is 4.22. The van der Waals surface area contributed by atoms with Crippen molar-refractivity contribution in [2.24, 2.45) is 0 Å². The Morgan fingerprint density at radius 2 is 1.94 bits per heavy atom. The van der Waals surface area contributed by atoms with E-state index in [9.17, 15) is 0 Å². The Labute approximate surface area is 110 Å². The van der Waals surface area contributed by atoms with Crippen molar-refractivity contribution in [2.75, 3.05) is 5.32 Å². The fourth-order valence-electron chi connectivity index (χ4n) is 1.64. The number of hydrogen-bond acceptors (Lipinski definition) is 2. The van der Waals surface area contributed by atoms with Crippen LogP contribution in [-0.2, 0) is 0 Å². The highest BCUT2D eigenvalue weighted by molar-refractivity contribution is 9.10. The van der Waals surface area contributed by atoms with E-state index < -0.39 is 0 Å². The van der Waals surface area contributed by atoms with Gasteiger partial charge in [-0.15, -0.1) is 0 Å². The van der Waals surface area contributed by atoms with E-state index >= 15 is 0 Å². The topological polar surface area (TPSA) is 24.9 Å². The second kappa shape index (κ2) is 4.88. The lowest BCUT2D eigenvalue weighted by Gasteiger charge is -2.12. The monoisotopic (exact) mass is 290 g/mol. The molecule has 1 N–H and O–H groups in total. The lowest BCUT2D eigenvalue weighted by Crippen LogP contribution is -1.98. The average Bonchev–Trinajstić information content (AvgIpc) is 2.28. The van der Waals surface area contributed by atoms with Crippen molar-refractivity contribution in [1.29, 1.82) is 0 Å². The van der Waals surface area contributed by atoms with Gasteiger partial charge in [-0.2, -0.15) is 0 Å². The molecule has 3 heteroatoms. The molecule has 88 valence electrons. The van der Waals surface area contributed by atoms with Gasteiger partial charge in [-0.25, -0.2) is 4.98 Å². The Bertz CT molecular complexity index is 550. The van der Waals surface area contributed by atoms with Crippen molar-refractivity contribution >= 4 is 27.4 Å². The van der Waals surface area contributed by atoms with Gasteiger partial charge in [-0.3, -0.25) is 0 Å². The van der Waals surface area contributed by atoms with Crippen molar-refractivity contribution in [3.8, 4) is 0 Å². The van der Waals surface area contributed by atoms with Crippen molar-refractivity contribution in [2.45, 2.75) is 20.8 Å². The van der Waals surface area contributed by atoms with Crippen LogP contribution in [0.15, 0.2) is 34.9 Å². The van der Waals surface area contributed by atoms with Crippen LogP contribution in [-0.4, -0.2) is 4.98 Å². The van der Waals surface area contributed by atoms with E-state index in [2.05, 4.69) is 58.3 Å². The summed E-state index contributed by atoms with van der Waals surface area (Å²) in [6.07, 6.45) is 1.86. The first-order valence-electron chi connectivity index (χ1n) is 5.53. The first-order valence-corrected chi connectivity index (χ1v) is 6.32. The third-order valence-electron chi connectivity index (χ3n) is 2.84. The van der Waals surface area contributed by atoms with Gasteiger partial charge in [0, 0.05) is 11.9 Å². The van der Waals surface area contributed by atoms with Gasteiger partial charge in [-0.1, -0.05) is 12.1 Å². The third-order valence-corrected chi connectivity index (χ3v) is 3.44. The summed E-state index contributed by atoms with van der Waals surface area (Å²) in [4.78, 5) is 4.39. The predicted molar refractivity (Wildman–Crippen MR) is 75.9 cm³/mol. The molecule has 1 aromatic heterocycles. The highest BCUT2D eigenvalue weighted by Crippen LogP contribution is 2.27. The largest absolute Gasteiger partial charge is 0.339 e. The number of anilines is 2. The van der Waals surface area contributed by atoms with Crippen LogP contribution >= 0.6 is 15.9 Å². The summed E-state index contributed by atoms with van der Waals surface area (Å²) < 4.78 is 0.985. The number of aromatic nitrogens is 1. The second-order valence-corrected chi connectivity index (χ2v) is 5.07. The molecule has 0 radical (unpaired) electrons. The van der Waals surface area contributed by atoms with Crippen LogP contribution in [0, 0.1) is 20.8 Å². The molecule has 0 saturated heterocycles. The number of halogens is 1. The number of nitrogens with one attached hydrogen (secondary N) is 1. The van der Waals surface area contributed by atoms with Gasteiger partial charge in [0.2, 0.25) is 0 Å². The minimum atomic E-state index is 0.851. The molecular weight excluding hydrogens is 276 g/mol. The van der Waals surface area contributed by atoms with Crippen LogP contribution < -0.4 is 5.32 Å². The molecule has 1 heterocycles. The Kier molecular flexibility index (Phi) is 3.48. The van der Waals surface area contributed by atoms with E-state index in [4.69, 9.17) is 0 Å². The zero-order valence-electron chi connectivity index (χ0n) is 10.2. The molecule has 0 fully saturated rings. The van der Waals surface area contributed by atoms with Crippen LogP contribution in [0.5, 0.6) is 0 Å². The molecule has 0 amide bonds. The number of hydrogen-bond donors (Lipinski definition) is 1. The summed E-state index contributed by atoms with van der Waals surface area (Å²) >= 11 is 3.52. The molecule has 0 atom stereocenters. The molecule has 0 aliphatic rings. The molecule has 17 heavy (non-hydrogen) atoms. The third kappa shape index (κ3) is 2.67. The summed E-state index contributed by atoms with van der Waals surface area (Å²) in [5.41, 5.74) is 4.77. The van der Waals surface area contributed by atoms with E-state index in [1.54, 1.807) is 0 Å². The van der Waals surface area contributed by atoms with Crippen LogP contribution in [0.25, 0.3) is 0 Å². The summed E-state index contributed by atoms with van der Waals surface area (Å²) in [6.45, 7) is 6.25. The zero-order chi connectivity index (χ0) is 12.4. The fourth-order valence-corrected chi connectivity index (χ4v) is 2.20. The number of benzene rings is 1. The van der Waals surface area contributed by atoms with Crippen molar-refractivity contribution in [3.63, 3.8) is 0 Å². The highest BCUT2D eigenvalue weighted by atomic mass is 79.9. The highest BCUT2D eigenvalue weighted by Gasteiger charge is 2.05. The van der Waals surface area contributed by atoms with Gasteiger partial charge < -0.3 is 5.32 Å². The molecule has 0 saturated carbocycles. The first kappa shape index (κ1) is 12.1. The average molecular weight is 291 g/mol. The quantitative estimate of drug-likeness (QED) is 0.880. The van der Waals surface area contributed by atoms with E-state index in [1.807, 2.05) is 19.2 Å². The van der Waals surface area contributed by atoms with Crippen molar-refractivity contribution in [3.05, 3.63) is 51.6 Å². The van der Waals surface area contributed by atoms with E-state index in [0.29, 0.717) is 0 Å². The summed E-state index contributed by atoms with van der Waals surface area (Å²) in [5, 5.41) is 3.35. The van der Waals surface area contributed by atoms with Gasteiger partial charge in [0.05, 0.1) is 4.47 Å². The predicted octanol–water partition coefficient (Wildman–Crippen LogP) is 4.51. The maximum absolute atomic E-state index is 4.39. The van der Waals surface area contributed by atoms with Crippen molar-refractivity contribution < 1.29 is 0 Å². The molecule has 1 aromatic carbocycles. The zero-order valence-corrected chi connectivity index (χ0v) is 11.8. The Hall–Kier alpha value is -1.35. The van der Waals surface area contributed by atoms with Gasteiger partial charge in [0.1, 0.15) is 5.82 Å². The fraction of sp³-hybridized carbons (Fsp3) is 0.214. The Morgan fingerprint density at radius 1 is 1.18 bits per heavy atom. The number of aryl methyl sites for hydroxylation is 2. The molecule has 2 aromatic rings. The van der Waals surface area contributed by atoms with E-state index in [-0.39, 0.29) is 0 Å². The molecule has 2 rings (SSSR count). The van der Waals surface area contributed by atoms with Gasteiger partial charge >= 0.3 is 0 Å². The number of rotatable bonds is 2. The molecule has 0 aliphatic carbocycles. The maximum atomic E-state index is 4.39. The molecule has 0 spiro atoms. The van der Waals surface area contributed by atoms with Crippen LogP contribution in [0.3, 0.4) is 0 Å². The smallest absolute Gasteiger partial charge is 0.144 e. The Morgan fingerprint density at radius 3 is 2.65 bits per heavy atom. The molecule has 2 nitrogen and oxygen atoms in total. The lowest BCUT2D eigenvalue weighted by atomic mass is 10.1. The molecular formula is C14H15BrN2. The normalized spacial score (nSPS) is 10.4. The SMILES string of the molecule is Cc1cnc(Nc2cccc(C)c2C)c(Br)c1. The van der Waals surface area contributed by atoms with Gasteiger partial charge in [0.25, 0.3) is 0 Å². The molecule has 0 bridgehead atoms. The Balaban J connectivity index is 2.35. The van der Waals surface area contributed by atoms with Crippen LogP contribution in [0.2, 0.25) is 0 Å². The molecule has 0 aliphatic heterocycles. The number of nitrogens with zero attached hydrogens (tertiary/aromatic N) is 1. The lowest BCUT2D eigenvalue weighted by molar-refractivity contribution is 1.23. The van der Waals surface area contributed by atoms with Gasteiger partial charge in [0.15, 0.2) is 0 Å². The summed E-state index contributed by atoms with van der Waals surface area (Å²) in [6, 6.07) is 8.28. The standard InChI is InChI=1S/C14H15BrN2/c1-9-7-12(15)14(16-8-9)17-13-6-4-5-10(2)11(13)3/h4-8H,1-3H3,(H,16,17). The maximum Gasteiger partial charge on any atom is 0.144 e. The summed E-state index contributed by atoms with van der Waals surface area (Å²) in [7, 11) is 0. The molecule has 0 unspecified atom stereocenters. The van der Waals surface area contributed by atoms with E-state index in [1.165, 1.54) is 11.1 Å². The van der Waals surface area contributed by atoms with Crippen LogP contribution in [0.4, 0.5) is 11.5 Å². The van der Waals surface area contributed by atoms with Crippen LogP contribution in [0.1, 0.15) is 16.7 Å². The van der Waals surface area contributed by atoms with Crippen molar-refractivity contribution in [1.82, 2.24) is 4.98 Å². The first-order chi connectivity index (χ1) is 8.08. The van der Waals surface area contributed by atoms with Gasteiger partial charge in [-0.05, 0) is 65.5 Å². The summed E-state index contributed by atoms with van der Waals surface area (Å²) in [5.74, 6) is 0.851. The minimum absolute atomic E-state index is 0.851. The van der Waals surface area contributed by atoms with E-state index in [0.717, 1.165) is 21.5 Å².